The smallest absolute Gasteiger partial charge is 0.349 e. The van der Waals surface area contributed by atoms with Gasteiger partial charge in [0.2, 0.25) is 0 Å². The molecule has 1 aromatic rings. The van der Waals surface area contributed by atoms with Gasteiger partial charge in [-0.3, -0.25) is 10.1 Å². The molecule has 22 heavy (non-hydrogen) atoms. The normalized spacial score (nSPS) is 11.6. The monoisotopic (exact) mass is 326 g/mol. The highest BCUT2D eigenvalue weighted by Gasteiger charge is 2.22. The fourth-order valence-electron chi connectivity index (χ4n) is 1.83. The van der Waals surface area contributed by atoms with Crippen molar-refractivity contribution in [2.75, 3.05) is 6.54 Å². The molecule has 0 aromatic carbocycles. The van der Waals surface area contributed by atoms with Crippen LogP contribution >= 0.6 is 11.3 Å². The van der Waals surface area contributed by atoms with E-state index in [2.05, 4.69) is 17.6 Å². The molecule has 0 aliphatic carbocycles. The van der Waals surface area contributed by atoms with Gasteiger partial charge < -0.3 is 10.1 Å². The third-order valence-electron chi connectivity index (χ3n) is 2.97. The predicted molar refractivity (Wildman–Crippen MR) is 85.1 cm³/mol. The second-order valence-corrected chi connectivity index (χ2v) is 6.09. The Hall–Kier alpha value is -1.89. The van der Waals surface area contributed by atoms with Crippen LogP contribution in [-0.4, -0.2) is 30.6 Å². The van der Waals surface area contributed by atoms with Crippen molar-refractivity contribution >= 4 is 29.2 Å². The summed E-state index contributed by atoms with van der Waals surface area (Å²) >= 11 is 1.35. The van der Waals surface area contributed by atoms with E-state index in [1.165, 1.54) is 18.3 Å². The van der Waals surface area contributed by atoms with Crippen molar-refractivity contribution in [2.24, 2.45) is 0 Å². The first-order valence-corrected chi connectivity index (χ1v) is 8.09. The first-order valence-electron chi connectivity index (χ1n) is 7.28. The van der Waals surface area contributed by atoms with Crippen molar-refractivity contribution in [3.8, 4) is 0 Å². The van der Waals surface area contributed by atoms with Gasteiger partial charge in [0.1, 0.15) is 4.88 Å². The Morgan fingerprint density at radius 3 is 2.59 bits per heavy atom. The van der Waals surface area contributed by atoms with E-state index in [0.717, 1.165) is 23.3 Å². The van der Waals surface area contributed by atoms with E-state index in [9.17, 15) is 14.4 Å². The van der Waals surface area contributed by atoms with Gasteiger partial charge in [-0.15, -0.1) is 11.3 Å². The summed E-state index contributed by atoms with van der Waals surface area (Å²) in [5.41, 5.74) is 1.12. The molecule has 0 radical (unpaired) electrons. The van der Waals surface area contributed by atoms with Crippen LogP contribution in [0.1, 0.15) is 47.3 Å². The molecule has 0 unspecified atom stereocenters. The Balaban J connectivity index is 2.61. The molecular weight excluding hydrogens is 304 g/mol. The van der Waals surface area contributed by atoms with E-state index in [1.807, 2.05) is 6.92 Å². The van der Waals surface area contributed by atoms with Crippen molar-refractivity contribution in [3.63, 3.8) is 0 Å². The standard InChI is InChI=1S/C15H22N2O4S/c1-5-7-11-8-12(22-10(11)4)14(19)21-9(3)13(18)17-15(20)16-6-2/h8-9H,5-7H2,1-4H3,(H2,16,17,18,20)/t9-/m0/s1. The molecule has 2 N–H and O–H groups in total. The molecule has 0 aliphatic rings. The molecule has 122 valence electrons. The minimum Gasteiger partial charge on any atom is -0.448 e. The van der Waals surface area contributed by atoms with Crippen molar-refractivity contribution in [2.45, 2.75) is 46.6 Å². The van der Waals surface area contributed by atoms with Gasteiger partial charge in [0.15, 0.2) is 6.10 Å². The van der Waals surface area contributed by atoms with E-state index < -0.39 is 24.0 Å². The topological polar surface area (TPSA) is 84.5 Å². The van der Waals surface area contributed by atoms with E-state index in [4.69, 9.17) is 4.74 Å². The largest absolute Gasteiger partial charge is 0.448 e. The van der Waals surface area contributed by atoms with Gasteiger partial charge >= 0.3 is 12.0 Å². The van der Waals surface area contributed by atoms with Crippen LogP contribution in [0.25, 0.3) is 0 Å². The average Bonchev–Trinajstić information content (AvgIpc) is 2.81. The summed E-state index contributed by atoms with van der Waals surface area (Å²) in [5, 5.41) is 4.54. The first kappa shape index (κ1) is 18.2. The highest BCUT2D eigenvalue weighted by atomic mass is 32.1. The van der Waals surface area contributed by atoms with Gasteiger partial charge in [0.05, 0.1) is 0 Å². The number of carbonyl (C=O) groups is 3. The van der Waals surface area contributed by atoms with E-state index in [0.29, 0.717) is 11.4 Å². The summed E-state index contributed by atoms with van der Waals surface area (Å²) in [5.74, 6) is -1.20. The lowest BCUT2D eigenvalue weighted by Crippen LogP contribution is -2.44. The van der Waals surface area contributed by atoms with E-state index in [1.54, 1.807) is 13.0 Å². The lowest BCUT2D eigenvalue weighted by atomic mass is 10.1. The van der Waals surface area contributed by atoms with Crippen LogP contribution in [0, 0.1) is 6.92 Å². The molecule has 7 heteroatoms. The van der Waals surface area contributed by atoms with Crippen LogP contribution < -0.4 is 10.6 Å². The Labute approximate surface area is 134 Å². The van der Waals surface area contributed by atoms with Gasteiger partial charge in [-0.25, -0.2) is 9.59 Å². The Morgan fingerprint density at radius 1 is 1.32 bits per heavy atom. The van der Waals surface area contributed by atoms with Crippen LogP contribution in [0.2, 0.25) is 0 Å². The highest BCUT2D eigenvalue weighted by Crippen LogP contribution is 2.23. The maximum absolute atomic E-state index is 12.0. The molecule has 0 saturated carbocycles. The van der Waals surface area contributed by atoms with Crippen LogP contribution in [-0.2, 0) is 16.0 Å². The lowest BCUT2D eigenvalue weighted by molar-refractivity contribution is -0.127. The molecule has 1 heterocycles. The number of nitrogens with one attached hydrogen (secondary N) is 2. The van der Waals surface area contributed by atoms with Crippen LogP contribution in [0.3, 0.4) is 0 Å². The SMILES string of the molecule is CCCc1cc(C(=O)O[C@@H](C)C(=O)NC(=O)NCC)sc1C. The second-order valence-electron chi connectivity index (χ2n) is 4.84. The minimum absolute atomic E-state index is 0.405. The summed E-state index contributed by atoms with van der Waals surface area (Å²) in [4.78, 5) is 36.6. The molecule has 0 bridgehead atoms. The zero-order valence-electron chi connectivity index (χ0n) is 13.3. The average molecular weight is 326 g/mol. The molecule has 1 aromatic heterocycles. The van der Waals surface area contributed by atoms with Gasteiger partial charge in [0, 0.05) is 11.4 Å². The quantitative estimate of drug-likeness (QED) is 0.786. The van der Waals surface area contributed by atoms with Crippen LogP contribution in [0.15, 0.2) is 6.07 Å². The molecule has 0 saturated heterocycles. The molecule has 1 rings (SSSR count). The predicted octanol–water partition coefficient (Wildman–Crippen LogP) is 2.40. The zero-order valence-corrected chi connectivity index (χ0v) is 14.1. The second kappa shape index (κ2) is 8.53. The zero-order chi connectivity index (χ0) is 16.7. The van der Waals surface area contributed by atoms with Crippen LogP contribution in [0.5, 0.6) is 0 Å². The maximum Gasteiger partial charge on any atom is 0.349 e. The van der Waals surface area contributed by atoms with E-state index in [-0.39, 0.29) is 0 Å². The fraction of sp³-hybridized carbons (Fsp3) is 0.533. The summed E-state index contributed by atoms with van der Waals surface area (Å²) in [7, 11) is 0. The number of esters is 1. The number of amides is 3. The lowest BCUT2D eigenvalue weighted by Gasteiger charge is -2.12. The number of imide groups is 1. The summed E-state index contributed by atoms with van der Waals surface area (Å²) in [6.45, 7) is 7.60. The molecule has 0 fully saturated rings. The maximum atomic E-state index is 12.0. The minimum atomic E-state index is -1.04. The van der Waals surface area contributed by atoms with Gasteiger partial charge in [0.25, 0.3) is 5.91 Å². The van der Waals surface area contributed by atoms with Crippen molar-refractivity contribution in [1.29, 1.82) is 0 Å². The van der Waals surface area contributed by atoms with Crippen molar-refractivity contribution in [1.82, 2.24) is 10.6 Å². The Bertz CT molecular complexity index is 554. The van der Waals surface area contributed by atoms with Crippen molar-refractivity contribution < 1.29 is 19.1 Å². The molecule has 6 nitrogen and oxygen atoms in total. The van der Waals surface area contributed by atoms with Gasteiger partial charge in [-0.05, 0) is 38.8 Å². The third-order valence-corrected chi connectivity index (χ3v) is 4.04. The number of ether oxygens (including phenoxy) is 1. The number of aryl methyl sites for hydroxylation is 2. The van der Waals surface area contributed by atoms with Crippen LogP contribution in [0.4, 0.5) is 4.79 Å². The highest BCUT2D eigenvalue weighted by molar-refractivity contribution is 7.14. The third kappa shape index (κ3) is 5.14. The summed E-state index contributed by atoms with van der Waals surface area (Å²) in [6.07, 6.45) is 0.868. The number of hydrogen-bond donors (Lipinski definition) is 2. The number of carbonyl (C=O) groups excluding carboxylic acids is 3. The van der Waals surface area contributed by atoms with Crippen molar-refractivity contribution in [3.05, 3.63) is 21.4 Å². The summed E-state index contributed by atoms with van der Waals surface area (Å²) in [6, 6.07) is 1.20. The van der Waals surface area contributed by atoms with E-state index >= 15 is 0 Å². The number of thiophene rings is 1. The van der Waals surface area contributed by atoms with Gasteiger partial charge in [-0.2, -0.15) is 0 Å². The molecular formula is C15H22N2O4S. The Kier molecular flexibility index (Phi) is 7.04. The summed E-state index contributed by atoms with van der Waals surface area (Å²) < 4.78 is 5.10. The molecule has 3 amide bonds. The number of urea groups is 1. The molecule has 1 atom stereocenters. The van der Waals surface area contributed by atoms with Gasteiger partial charge in [-0.1, -0.05) is 13.3 Å². The fourth-order valence-corrected chi connectivity index (χ4v) is 2.78. The molecule has 0 aliphatic heterocycles. The Morgan fingerprint density at radius 2 is 2.00 bits per heavy atom. The number of rotatable bonds is 6. The molecule has 0 spiro atoms. The number of hydrogen-bond acceptors (Lipinski definition) is 5. The first-order chi connectivity index (χ1) is 10.4.